The minimum atomic E-state index is -0.132. The molecule has 4 aliphatic carbocycles. The fourth-order valence-electron chi connectivity index (χ4n) is 7.28. The summed E-state index contributed by atoms with van der Waals surface area (Å²) < 4.78 is 6.50. The first-order valence-electron chi connectivity index (χ1n) is 11.4. The van der Waals surface area contributed by atoms with Gasteiger partial charge in [-0.05, 0) is 72.5 Å². The molecule has 3 heteroatoms. The fraction of sp³-hybridized carbons (Fsp3) is 0.615. The van der Waals surface area contributed by atoms with Crippen molar-refractivity contribution in [1.82, 2.24) is 0 Å². The van der Waals surface area contributed by atoms with Crippen LogP contribution in [0.4, 0.5) is 0 Å². The average molecular weight is 393 g/mol. The second-order valence-electron chi connectivity index (χ2n) is 10.3. The van der Waals surface area contributed by atoms with Gasteiger partial charge in [-0.3, -0.25) is 9.59 Å². The number of benzene rings is 1. The summed E-state index contributed by atoms with van der Waals surface area (Å²) in [5, 5.41) is 0. The van der Waals surface area contributed by atoms with Crippen LogP contribution in [-0.2, 0) is 20.9 Å². The van der Waals surface area contributed by atoms with Gasteiger partial charge in [-0.2, -0.15) is 0 Å². The lowest BCUT2D eigenvalue weighted by atomic mass is 9.47. The van der Waals surface area contributed by atoms with Gasteiger partial charge in [0, 0.05) is 18.3 Å². The van der Waals surface area contributed by atoms with Crippen LogP contribution in [0.2, 0.25) is 0 Å². The number of hydrogen-bond donors (Lipinski definition) is 0. The maximum Gasteiger partial charge on any atom is 0.155 e. The van der Waals surface area contributed by atoms with Crippen LogP contribution < -0.4 is 0 Å². The third-order valence-corrected chi connectivity index (χ3v) is 8.96. The molecule has 29 heavy (non-hydrogen) atoms. The van der Waals surface area contributed by atoms with Crippen molar-refractivity contribution in [3.8, 4) is 0 Å². The summed E-state index contributed by atoms with van der Waals surface area (Å²) in [5.41, 5.74) is 2.31. The number of rotatable bonds is 3. The number of fused-ring (bicyclic) bond motifs is 5. The lowest BCUT2D eigenvalue weighted by Crippen LogP contribution is -2.54. The van der Waals surface area contributed by atoms with Gasteiger partial charge in [0.15, 0.2) is 5.78 Å². The van der Waals surface area contributed by atoms with Crippen molar-refractivity contribution < 1.29 is 14.3 Å². The van der Waals surface area contributed by atoms with E-state index in [1.54, 1.807) is 0 Å². The Morgan fingerprint density at radius 1 is 0.966 bits per heavy atom. The van der Waals surface area contributed by atoms with Crippen molar-refractivity contribution in [2.75, 3.05) is 0 Å². The molecular formula is C26H32O3. The van der Waals surface area contributed by atoms with Crippen molar-refractivity contribution in [2.45, 2.75) is 71.5 Å². The molecule has 6 atom stereocenters. The Labute approximate surface area is 173 Å². The molecule has 0 amide bonds. The standard InChI is InChI=1S/C26H32O3/c1-25-12-10-18(27)14-22(25)23(29-16-17-6-4-3-5-7-17)15-19-20-8-9-24(28)26(20,2)13-11-21(19)25/h3-7,14,19-21,23H,8-13,15-16H2,1-2H3/t19-,20-,21-,23+,25+,26-/m0/s1. The molecule has 5 rings (SSSR count). The van der Waals surface area contributed by atoms with E-state index in [4.69, 9.17) is 4.74 Å². The van der Waals surface area contributed by atoms with Crippen molar-refractivity contribution >= 4 is 11.6 Å². The molecule has 3 fully saturated rings. The lowest BCUT2D eigenvalue weighted by molar-refractivity contribution is -0.136. The molecule has 4 aliphatic rings. The SMILES string of the molecule is C[C@]12CCC(=O)C=C1[C@H](OCc1ccccc1)C[C@@H]1[C@@H]2CC[C@]2(C)C(=O)CC[C@@H]12. The molecule has 0 aromatic heterocycles. The molecule has 0 saturated heterocycles. The van der Waals surface area contributed by atoms with Gasteiger partial charge in [0.05, 0.1) is 12.7 Å². The van der Waals surface area contributed by atoms with E-state index in [1.165, 1.54) is 11.1 Å². The number of carbonyl (C=O) groups excluding carboxylic acids is 2. The number of ketones is 2. The van der Waals surface area contributed by atoms with E-state index in [1.807, 2.05) is 24.3 Å². The second kappa shape index (κ2) is 6.91. The van der Waals surface area contributed by atoms with Crippen molar-refractivity contribution in [3.63, 3.8) is 0 Å². The second-order valence-corrected chi connectivity index (χ2v) is 10.3. The molecule has 0 radical (unpaired) electrons. The van der Waals surface area contributed by atoms with E-state index >= 15 is 0 Å². The summed E-state index contributed by atoms with van der Waals surface area (Å²) in [7, 11) is 0. The van der Waals surface area contributed by atoms with Crippen LogP contribution in [0.25, 0.3) is 0 Å². The number of carbonyl (C=O) groups is 2. The molecule has 0 bridgehead atoms. The smallest absolute Gasteiger partial charge is 0.155 e. The van der Waals surface area contributed by atoms with Crippen LogP contribution in [0.1, 0.15) is 64.4 Å². The Bertz CT molecular complexity index is 856. The highest BCUT2D eigenvalue weighted by molar-refractivity contribution is 5.92. The van der Waals surface area contributed by atoms with E-state index in [-0.39, 0.29) is 22.7 Å². The molecule has 3 nitrogen and oxygen atoms in total. The Morgan fingerprint density at radius 3 is 2.52 bits per heavy atom. The summed E-state index contributed by atoms with van der Waals surface area (Å²) in [6, 6.07) is 10.3. The molecule has 0 unspecified atom stereocenters. The van der Waals surface area contributed by atoms with Crippen LogP contribution in [0, 0.1) is 28.6 Å². The third kappa shape index (κ3) is 2.96. The van der Waals surface area contributed by atoms with Gasteiger partial charge < -0.3 is 4.74 Å². The van der Waals surface area contributed by atoms with Gasteiger partial charge in [0.2, 0.25) is 0 Å². The number of ether oxygens (including phenoxy) is 1. The van der Waals surface area contributed by atoms with E-state index in [2.05, 4.69) is 26.0 Å². The first-order valence-corrected chi connectivity index (χ1v) is 11.4. The topological polar surface area (TPSA) is 43.4 Å². The molecule has 3 saturated carbocycles. The van der Waals surface area contributed by atoms with Gasteiger partial charge in [-0.25, -0.2) is 0 Å². The molecule has 0 N–H and O–H groups in total. The van der Waals surface area contributed by atoms with Crippen LogP contribution in [0.5, 0.6) is 0 Å². The highest BCUT2D eigenvalue weighted by atomic mass is 16.5. The molecule has 1 aromatic carbocycles. The summed E-state index contributed by atoms with van der Waals surface area (Å²) in [6.45, 7) is 5.17. The van der Waals surface area contributed by atoms with Gasteiger partial charge in [-0.1, -0.05) is 44.2 Å². The zero-order valence-corrected chi connectivity index (χ0v) is 17.7. The molecule has 0 heterocycles. The monoisotopic (exact) mass is 392 g/mol. The van der Waals surface area contributed by atoms with Crippen molar-refractivity contribution in [1.29, 1.82) is 0 Å². The molecular weight excluding hydrogens is 360 g/mol. The Balaban J connectivity index is 1.48. The zero-order chi connectivity index (χ0) is 20.2. The highest BCUT2D eigenvalue weighted by Crippen LogP contribution is 2.64. The maximum absolute atomic E-state index is 12.7. The Kier molecular flexibility index (Phi) is 4.58. The normalized spacial score (nSPS) is 41.4. The summed E-state index contributed by atoms with van der Waals surface area (Å²) >= 11 is 0. The molecule has 154 valence electrons. The van der Waals surface area contributed by atoms with Gasteiger partial charge in [0.1, 0.15) is 5.78 Å². The Hall–Kier alpha value is -1.74. The van der Waals surface area contributed by atoms with E-state index < -0.39 is 0 Å². The predicted molar refractivity (Wildman–Crippen MR) is 112 cm³/mol. The van der Waals surface area contributed by atoms with Crippen molar-refractivity contribution in [3.05, 3.63) is 47.5 Å². The summed E-state index contributed by atoms with van der Waals surface area (Å²) in [4.78, 5) is 25.1. The van der Waals surface area contributed by atoms with Gasteiger partial charge >= 0.3 is 0 Å². The quantitative estimate of drug-likeness (QED) is 0.703. The largest absolute Gasteiger partial charge is 0.369 e. The summed E-state index contributed by atoms with van der Waals surface area (Å²) in [6.07, 6.45) is 8.36. The highest BCUT2D eigenvalue weighted by Gasteiger charge is 2.60. The first-order chi connectivity index (χ1) is 13.9. The van der Waals surface area contributed by atoms with Crippen LogP contribution in [-0.4, -0.2) is 17.7 Å². The van der Waals surface area contributed by atoms with Crippen molar-refractivity contribution in [2.24, 2.45) is 28.6 Å². The third-order valence-electron chi connectivity index (χ3n) is 8.96. The lowest BCUT2D eigenvalue weighted by Gasteiger charge is -2.58. The van der Waals surface area contributed by atoms with E-state index in [0.717, 1.165) is 38.5 Å². The van der Waals surface area contributed by atoms with Gasteiger partial charge in [-0.15, -0.1) is 0 Å². The molecule has 0 aliphatic heterocycles. The molecule has 1 aromatic rings. The average Bonchev–Trinajstić information content (AvgIpc) is 3.03. The van der Waals surface area contributed by atoms with Crippen LogP contribution in [0.15, 0.2) is 42.0 Å². The maximum atomic E-state index is 12.7. The van der Waals surface area contributed by atoms with Crippen LogP contribution in [0.3, 0.4) is 0 Å². The van der Waals surface area contributed by atoms with E-state index in [9.17, 15) is 9.59 Å². The Morgan fingerprint density at radius 2 is 1.72 bits per heavy atom. The molecule has 0 spiro atoms. The zero-order valence-electron chi connectivity index (χ0n) is 17.7. The summed E-state index contributed by atoms with van der Waals surface area (Å²) in [5.74, 6) is 2.31. The first kappa shape index (κ1) is 19.2. The minimum absolute atomic E-state index is 0.0104. The van der Waals surface area contributed by atoms with Gasteiger partial charge in [0.25, 0.3) is 0 Å². The minimum Gasteiger partial charge on any atom is -0.369 e. The van der Waals surface area contributed by atoms with E-state index in [0.29, 0.717) is 36.6 Å². The fourth-order valence-corrected chi connectivity index (χ4v) is 7.28. The predicted octanol–water partition coefficient (Wildman–Crippen LogP) is 5.28. The number of hydrogen-bond acceptors (Lipinski definition) is 3. The van der Waals surface area contributed by atoms with Crippen LogP contribution >= 0.6 is 0 Å². The number of Topliss-reactive ketones (excluding diaryl/α,β-unsaturated/α-hetero) is 1.